The van der Waals surface area contributed by atoms with Gasteiger partial charge in [-0.1, -0.05) is 40.4 Å². The maximum Gasteiger partial charge on any atom is 0.178 e. The van der Waals surface area contributed by atoms with E-state index in [1.54, 1.807) is 24.3 Å². The Hall–Kier alpha value is -1.88. The first-order chi connectivity index (χ1) is 17.8. The Kier molecular flexibility index (Phi) is 11.9. The maximum atomic E-state index is 13.0. The van der Waals surface area contributed by atoms with Crippen LogP contribution in [-0.2, 0) is 30.6 Å². The average molecular weight is 572 g/mol. The van der Waals surface area contributed by atoms with Gasteiger partial charge in [-0.3, -0.25) is 0 Å². The zero-order valence-electron chi connectivity index (χ0n) is 20.8. The number of rotatable bonds is 15. The second-order valence-electron chi connectivity index (χ2n) is 8.74. The second-order valence-corrected chi connectivity index (χ2v) is 11.7. The van der Waals surface area contributed by atoms with Crippen molar-refractivity contribution in [3.05, 3.63) is 73.6 Å². The Morgan fingerprint density at radius 1 is 1.05 bits per heavy atom. The van der Waals surface area contributed by atoms with Crippen LogP contribution >= 0.6 is 23.2 Å². The molecular formula is C25H32Cl2N4O5S. The van der Waals surface area contributed by atoms with E-state index in [4.69, 9.17) is 42.9 Å². The van der Waals surface area contributed by atoms with E-state index in [0.717, 1.165) is 29.8 Å². The zero-order chi connectivity index (χ0) is 26.7. The molecule has 0 saturated carbocycles. The summed E-state index contributed by atoms with van der Waals surface area (Å²) in [5, 5.41) is 4.57. The SMILES string of the molecule is CN1Cc2c(Cl)cc(Cl)cc2C(c2cccc(S(=O)(=O)CCCOCCOCCOCCN=[N+]=[N-])c2)C1. The molecule has 9 nitrogen and oxygen atoms in total. The minimum Gasteiger partial charge on any atom is -0.379 e. The first-order valence-corrected chi connectivity index (χ1v) is 14.5. The van der Waals surface area contributed by atoms with Crippen LogP contribution in [0.4, 0.5) is 0 Å². The number of hydrogen-bond acceptors (Lipinski definition) is 7. The normalized spacial score (nSPS) is 15.8. The van der Waals surface area contributed by atoms with Crippen molar-refractivity contribution >= 4 is 33.0 Å². The maximum absolute atomic E-state index is 13.0. The van der Waals surface area contributed by atoms with Crippen molar-refractivity contribution in [2.24, 2.45) is 5.11 Å². The summed E-state index contributed by atoms with van der Waals surface area (Å²) < 4.78 is 42.1. The molecule has 0 N–H and O–H groups in total. The van der Waals surface area contributed by atoms with Gasteiger partial charge in [-0.05, 0) is 60.0 Å². The molecule has 3 rings (SSSR count). The number of benzene rings is 2. The van der Waals surface area contributed by atoms with E-state index < -0.39 is 9.84 Å². The third-order valence-corrected chi connectivity index (χ3v) is 8.31. The molecule has 0 bridgehead atoms. The third-order valence-electron chi connectivity index (χ3n) is 5.96. The summed E-state index contributed by atoms with van der Waals surface area (Å²) >= 11 is 12.8. The summed E-state index contributed by atoms with van der Waals surface area (Å²) in [5.74, 6) is -0.0327. The van der Waals surface area contributed by atoms with E-state index in [-0.39, 0.29) is 11.7 Å². The van der Waals surface area contributed by atoms with Crippen LogP contribution < -0.4 is 0 Å². The van der Waals surface area contributed by atoms with Gasteiger partial charge in [-0.25, -0.2) is 8.42 Å². The standard InChI is InChI=1S/C25H32Cl2N4O5S/c1-31-17-23(22-15-20(26)16-25(27)24(22)18-31)19-4-2-5-21(14-19)37(32,33)13-3-7-34-9-11-36-12-10-35-8-6-29-30-28/h2,4-5,14-16,23H,3,6-13,17-18H2,1H3. The number of sulfone groups is 1. The lowest BCUT2D eigenvalue weighted by Gasteiger charge is -2.33. The predicted octanol–water partition coefficient (Wildman–Crippen LogP) is 5.09. The highest BCUT2D eigenvalue weighted by Crippen LogP contribution is 2.38. The van der Waals surface area contributed by atoms with Crippen molar-refractivity contribution in [2.45, 2.75) is 23.8 Å². The van der Waals surface area contributed by atoms with E-state index in [1.807, 2.05) is 19.2 Å². The summed E-state index contributed by atoms with van der Waals surface area (Å²) in [5.41, 5.74) is 11.2. The molecule has 1 aliphatic rings. The van der Waals surface area contributed by atoms with Crippen LogP contribution in [0.5, 0.6) is 0 Å². The monoisotopic (exact) mass is 570 g/mol. The lowest BCUT2D eigenvalue weighted by atomic mass is 9.85. The summed E-state index contributed by atoms with van der Waals surface area (Å²) in [6.45, 7) is 4.00. The molecule has 1 heterocycles. The summed E-state index contributed by atoms with van der Waals surface area (Å²) in [4.78, 5) is 5.12. The highest BCUT2D eigenvalue weighted by Gasteiger charge is 2.28. The van der Waals surface area contributed by atoms with Gasteiger partial charge in [0, 0.05) is 47.1 Å². The molecule has 0 amide bonds. The van der Waals surface area contributed by atoms with Gasteiger partial charge in [0.05, 0.1) is 43.7 Å². The molecular weight excluding hydrogens is 539 g/mol. The Bertz CT molecular complexity index is 1190. The molecule has 1 atom stereocenters. The number of nitrogens with zero attached hydrogens (tertiary/aromatic N) is 4. The van der Waals surface area contributed by atoms with E-state index >= 15 is 0 Å². The van der Waals surface area contributed by atoms with Gasteiger partial charge in [0.1, 0.15) is 0 Å². The minimum absolute atomic E-state index is 0.00482. The average Bonchev–Trinajstić information content (AvgIpc) is 2.87. The van der Waals surface area contributed by atoms with Crippen molar-refractivity contribution in [2.75, 3.05) is 65.5 Å². The van der Waals surface area contributed by atoms with Gasteiger partial charge in [0.2, 0.25) is 0 Å². The molecule has 0 fully saturated rings. The van der Waals surface area contributed by atoms with Crippen LogP contribution in [0.2, 0.25) is 10.0 Å². The number of likely N-dealkylation sites (N-methyl/N-ethyl adjacent to an activating group) is 1. The molecule has 2 aromatic rings. The topological polar surface area (TPSA) is 114 Å². The van der Waals surface area contributed by atoms with Crippen molar-refractivity contribution in [1.29, 1.82) is 0 Å². The fraction of sp³-hybridized carbons (Fsp3) is 0.520. The molecule has 0 aromatic heterocycles. The molecule has 12 heteroatoms. The van der Waals surface area contributed by atoms with Crippen LogP contribution in [-0.4, -0.2) is 78.8 Å². The van der Waals surface area contributed by atoms with Gasteiger partial charge < -0.3 is 19.1 Å². The van der Waals surface area contributed by atoms with Gasteiger partial charge in [0.15, 0.2) is 9.84 Å². The predicted molar refractivity (Wildman–Crippen MR) is 144 cm³/mol. The van der Waals surface area contributed by atoms with Crippen LogP contribution in [0.15, 0.2) is 46.4 Å². The van der Waals surface area contributed by atoms with Crippen molar-refractivity contribution in [3.63, 3.8) is 0 Å². The fourth-order valence-corrected chi connectivity index (χ4v) is 6.12. The zero-order valence-corrected chi connectivity index (χ0v) is 23.1. The quantitative estimate of drug-likeness (QED) is 0.127. The van der Waals surface area contributed by atoms with Crippen LogP contribution in [0, 0.1) is 0 Å². The number of fused-ring (bicyclic) bond motifs is 1. The van der Waals surface area contributed by atoms with Crippen molar-refractivity contribution in [3.8, 4) is 0 Å². The van der Waals surface area contributed by atoms with E-state index in [9.17, 15) is 8.42 Å². The second kappa shape index (κ2) is 14.9. The summed E-state index contributed by atoms with van der Waals surface area (Å²) in [6, 6.07) is 10.8. The molecule has 0 saturated heterocycles. The molecule has 0 spiro atoms. The van der Waals surface area contributed by atoms with E-state index in [0.29, 0.717) is 67.5 Å². The molecule has 37 heavy (non-hydrogen) atoms. The number of azide groups is 1. The number of ether oxygens (including phenoxy) is 3. The Morgan fingerprint density at radius 3 is 2.49 bits per heavy atom. The van der Waals surface area contributed by atoms with Gasteiger partial charge in [-0.2, -0.15) is 0 Å². The van der Waals surface area contributed by atoms with E-state index in [2.05, 4.69) is 14.9 Å². The van der Waals surface area contributed by atoms with Crippen molar-refractivity contribution < 1.29 is 22.6 Å². The molecule has 0 aliphatic carbocycles. The Labute approximate surface area is 228 Å². The molecule has 0 radical (unpaired) electrons. The molecule has 1 unspecified atom stereocenters. The van der Waals surface area contributed by atoms with Crippen LogP contribution in [0.3, 0.4) is 0 Å². The first-order valence-electron chi connectivity index (χ1n) is 12.0. The van der Waals surface area contributed by atoms with Gasteiger partial charge in [0.25, 0.3) is 0 Å². The largest absolute Gasteiger partial charge is 0.379 e. The summed E-state index contributed by atoms with van der Waals surface area (Å²) in [7, 11) is -1.44. The number of halogens is 2. The minimum atomic E-state index is -3.47. The van der Waals surface area contributed by atoms with Crippen LogP contribution in [0.1, 0.15) is 29.0 Å². The van der Waals surface area contributed by atoms with Gasteiger partial charge >= 0.3 is 0 Å². The summed E-state index contributed by atoms with van der Waals surface area (Å²) in [6.07, 6.45) is 0.384. The van der Waals surface area contributed by atoms with Crippen molar-refractivity contribution in [1.82, 2.24) is 4.90 Å². The van der Waals surface area contributed by atoms with Crippen LogP contribution in [0.25, 0.3) is 10.4 Å². The highest BCUT2D eigenvalue weighted by molar-refractivity contribution is 7.91. The lowest BCUT2D eigenvalue weighted by molar-refractivity contribution is 0.0162. The smallest absolute Gasteiger partial charge is 0.178 e. The Balaban J connectivity index is 1.47. The highest BCUT2D eigenvalue weighted by atomic mass is 35.5. The molecule has 2 aromatic carbocycles. The third kappa shape index (κ3) is 9.12. The van der Waals surface area contributed by atoms with Gasteiger partial charge in [-0.15, -0.1) is 0 Å². The fourth-order valence-electron chi connectivity index (χ4n) is 4.22. The van der Waals surface area contributed by atoms with E-state index in [1.165, 1.54) is 0 Å². The Morgan fingerprint density at radius 2 is 1.76 bits per heavy atom. The lowest BCUT2D eigenvalue weighted by Crippen LogP contribution is -2.31. The number of hydrogen-bond donors (Lipinski definition) is 0. The molecule has 202 valence electrons. The molecule has 1 aliphatic heterocycles. The first kappa shape index (κ1) is 29.7.